The van der Waals surface area contributed by atoms with Gasteiger partial charge in [-0.25, -0.2) is 4.39 Å². The maximum Gasteiger partial charge on any atom is 0.278 e. The van der Waals surface area contributed by atoms with Gasteiger partial charge in [-0.1, -0.05) is 12.1 Å². The van der Waals surface area contributed by atoms with Gasteiger partial charge in [-0.3, -0.25) is 20.3 Å². The smallest absolute Gasteiger partial charge is 0.278 e. The summed E-state index contributed by atoms with van der Waals surface area (Å²) in [6.07, 6.45) is 1.97. The van der Waals surface area contributed by atoms with Crippen molar-refractivity contribution in [3.63, 3.8) is 0 Å². The quantitative estimate of drug-likeness (QED) is 0.511. The van der Waals surface area contributed by atoms with Crippen molar-refractivity contribution in [3.8, 4) is 11.5 Å². The number of anilines is 1. The highest BCUT2D eigenvalue weighted by molar-refractivity contribution is 6.02. The van der Waals surface area contributed by atoms with Crippen LogP contribution < -0.4 is 5.32 Å². The Morgan fingerprint density at radius 2 is 2.00 bits per heavy atom. The summed E-state index contributed by atoms with van der Waals surface area (Å²) in [6, 6.07) is 11.1. The first-order valence-corrected chi connectivity index (χ1v) is 7.74. The molecule has 0 aliphatic carbocycles. The molecule has 0 radical (unpaired) electrons. The molecule has 3 heterocycles. The second kappa shape index (κ2) is 6.63. The Morgan fingerprint density at radius 1 is 1.15 bits per heavy atom. The van der Waals surface area contributed by atoms with Gasteiger partial charge in [0.1, 0.15) is 17.3 Å². The molecule has 0 fully saturated rings. The molecule has 0 bridgehead atoms. The third-order valence-electron chi connectivity index (χ3n) is 3.64. The fourth-order valence-electron chi connectivity index (χ4n) is 2.39. The largest absolute Gasteiger partial charge is 0.463 e. The molecule has 0 saturated carbocycles. The molecule has 0 spiro atoms. The number of nitrogens with zero attached hydrogens (tertiary/aromatic N) is 3. The summed E-state index contributed by atoms with van der Waals surface area (Å²) >= 11 is 0. The van der Waals surface area contributed by atoms with Crippen LogP contribution >= 0.6 is 0 Å². The average Bonchev–Trinajstić information content (AvgIpc) is 3.38. The Kier molecular flexibility index (Phi) is 4.02. The zero-order valence-electron chi connectivity index (χ0n) is 13.4. The predicted octanol–water partition coefficient (Wildman–Crippen LogP) is 2.77. The van der Waals surface area contributed by atoms with E-state index in [0.717, 1.165) is 5.56 Å². The minimum absolute atomic E-state index is 0.134. The third kappa shape index (κ3) is 3.36. The highest BCUT2D eigenvalue weighted by atomic mass is 19.1. The van der Waals surface area contributed by atoms with Crippen molar-refractivity contribution in [3.05, 3.63) is 71.6 Å². The number of carbonyl (C=O) groups excluding carboxylic acids is 1. The van der Waals surface area contributed by atoms with E-state index in [1.165, 1.54) is 18.4 Å². The van der Waals surface area contributed by atoms with Crippen LogP contribution in [0, 0.1) is 5.82 Å². The molecule has 130 valence electrons. The molecule has 0 unspecified atom stereocenters. The summed E-state index contributed by atoms with van der Waals surface area (Å²) < 4.78 is 18.2. The van der Waals surface area contributed by atoms with Crippen molar-refractivity contribution in [1.82, 2.24) is 25.4 Å². The number of H-pyrrole nitrogens is 2. The molecular formula is C17H13FN6O2. The first-order chi connectivity index (χ1) is 12.7. The van der Waals surface area contributed by atoms with Crippen LogP contribution in [0.25, 0.3) is 11.5 Å². The molecule has 0 aliphatic rings. The van der Waals surface area contributed by atoms with E-state index in [2.05, 4.69) is 30.7 Å². The van der Waals surface area contributed by atoms with Crippen LogP contribution in [-0.2, 0) is 6.42 Å². The molecule has 0 saturated heterocycles. The molecule has 1 amide bonds. The number of hydrogen-bond donors (Lipinski definition) is 3. The predicted molar refractivity (Wildman–Crippen MR) is 89.8 cm³/mol. The Morgan fingerprint density at radius 3 is 2.77 bits per heavy atom. The van der Waals surface area contributed by atoms with Crippen molar-refractivity contribution in [2.45, 2.75) is 6.42 Å². The number of furan rings is 1. The summed E-state index contributed by atoms with van der Waals surface area (Å²) in [5, 5.41) is 15.9. The van der Waals surface area contributed by atoms with Gasteiger partial charge in [-0.05, 0) is 29.8 Å². The van der Waals surface area contributed by atoms with Crippen molar-refractivity contribution >= 4 is 11.9 Å². The molecule has 9 heteroatoms. The van der Waals surface area contributed by atoms with E-state index in [-0.39, 0.29) is 17.5 Å². The molecule has 1 aromatic carbocycles. The van der Waals surface area contributed by atoms with E-state index in [1.807, 2.05) is 0 Å². The standard InChI is InChI=1S/C17H13FN6O2/c18-11-5-3-10(4-6-11)8-15-19-17(24-23-15)20-16(25)13-9-12(21-22-13)14-2-1-7-26-14/h1-7,9H,8H2,(H,21,22)(H2,19,20,23,24,25). The third-order valence-corrected chi connectivity index (χ3v) is 3.64. The lowest BCUT2D eigenvalue weighted by atomic mass is 10.1. The second-order valence-corrected chi connectivity index (χ2v) is 5.51. The Bertz CT molecular complexity index is 1020. The average molecular weight is 352 g/mol. The lowest BCUT2D eigenvalue weighted by molar-refractivity contribution is 0.102. The number of aromatic amines is 2. The van der Waals surface area contributed by atoms with Gasteiger partial charge in [0.25, 0.3) is 5.91 Å². The lowest BCUT2D eigenvalue weighted by Crippen LogP contribution is -2.13. The molecule has 4 aromatic rings. The Labute approximate surface area is 146 Å². The number of rotatable bonds is 5. The summed E-state index contributed by atoms with van der Waals surface area (Å²) in [7, 11) is 0. The van der Waals surface area contributed by atoms with Crippen LogP contribution in [0.2, 0.25) is 0 Å². The van der Waals surface area contributed by atoms with Crippen molar-refractivity contribution in [2.24, 2.45) is 0 Å². The fourth-order valence-corrected chi connectivity index (χ4v) is 2.39. The van der Waals surface area contributed by atoms with E-state index in [0.29, 0.717) is 23.7 Å². The summed E-state index contributed by atoms with van der Waals surface area (Å²) in [4.78, 5) is 16.4. The molecule has 3 N–H and O–H groups in total. The van der Waals surface area contributed by atoms with Gasteiger partial charge in [-0.2, -0.15) is 10.1 Å². The molecule has 3 aromatic heterocycles. The van der Waals surface area contributed by atoms with Crippen molar-refractivity contribution in [1.29, 1.82) is 0 Å². The van der Waals surface area contributed by atoms with E-state index in [9.17, 15) is 9.18 Å². The van der Waals surface area contributed by atoms with Crippen LogP contribution in [0.4, 0.5) is 10.3 Å². The number of carbonyl (C=O) groups is 1. The number of hydrogen-bond acceptors (Lipinski definition) is 5. The number of halogens is 1. The second-order valence-electron chi connectivity index (χ2n) is 5.51. The molecular weight excluding hydrogens is 339 g/mol. The van der Waals surface area contributed by atoms with Gasteiger partial charge in [0.05, 0.1) is 6.26 Å². The van der Waals surface area contributed by atoms with E-state index >= 15 is 0 Å². The Balaban J connectivity index is 1.42. The van der Waals surface area contributed by atoms with Crippen LogP contribution in [0.1, 0.15) is 21.9 Å². The van der Waals surface area contributed by atoms with Crippen molar-refractivity contribution in [2.75, 3.05) is 5.32 Å². The number of benzene rings is 1. The lowest BCUT2D eigenvalue weighted by Gasteiger charge is -1.97. The minimum atomic E-state index is -0.452. The zero-order chi connectivity index (χ0) is 17.9. The van der Waals surface area contributed by atoms with Crippen LogP contribution in [0.15, 0.2) is 53.1 Å². The fraction of sp³-hybridized carbons (Fsp3) is 0.0588. The van der Waals surface area contributed by atoms with E-state index in [1.54, 1.807) is 30.3 Å². The topological polar surface area (TPSA) is 112 Å². The van der Waals surface area contributed by atoms with Gasteiger partial charge in [-0.15, -0.1) is 5.10 Å². The minimum Gasteiger partial charge on any atom is -0.463 e. The molecule has 4 rings (SSSR count). The van der Waals surface area contributed by atoms with Gasteiger partial charge in [0.2, 0.25) is 5.95 Å². The van der Waals surface area contributed by atoms with E-state index < -0.39 is 5.91 Å². The summed E-state index contributed by atoms with van der Waals surface area (Å²) in [6.45, 7) is 0. The van der Waals surface area contributed by atoms with E-state index in [4.69, 9.17) is 4.42 Å². The zero-order valence-corrected chi connectivity index (χ0v) is 13.4. The number of aromatic nitrogens is 5. The molecule has 0 aliphatic heterocycles. The number of amides is 1. The van der Waals surface area contributed by atoms with Gasteiger partial charge in [0.15, 0.2) is 11.5 Å². The van der Waals surface area contributed by atoms with Crippen LogP contribution in [0.5, 0.6) is 0 Å². The first kappa shape index (κ1) is 15.8. The van der Waals surface area contributed by atoms with Crippen LogP contribution in [0.3, 0.4) is 0 Å². The highest BCUT2D eigenvalue weighted by Crippen LogP contribution is 2.18. The van der Waals surface area contributed by atoms with Gasteiger partial charge in [0, 0.05) is 12.5 Å². The van der Waals surface area contributed by atoms with Gasteiger partial charge < -0.3 is 4.42 Å². The first-order valence-electron chi connectivity index (χ1n) is 7.74. The number of nitrogens with one attached hydrogen (secondary N) is 3. The molecule has 8 nitrogen and oxygen atoms in total. The SMILES string of the molecule is O=C(Nc1n[nH]c(Cc2ccc(F)cc2)n1)c1cc(-c2ccco2)[nH]n1. The maximum absolute atomic E-state index is 12.9. The normalized spacial score (nSPS) is 10.8. The van der Waals surface area contributed by atoms with Crippen LogP contribution in [-0.4, -0.2) is 31.3 Å². The van der Waals surface area contributed by atoms with Crippen molar-refractivity contribution < 1.29 is 13.6 Å². The summed E-state index contributed by atoms with van der Waals surface area (Å²) in [5.41, 5.74) is 1.64. The summed E-state index contributed by atoms with van der Waals surface area (Å²) in [5.74, 6) is 0.509. The van der Waals surface area contributed by atoms with Gasteiger partial charge >= 0.3 is 0 Å². The monoisotopic (exact) mass is 352 g/mol. The maximum atomic E-state index is 12.9. The molecule has 26 heavy (non-hydrogen) atoms. The molecule has 0 atom stereocenters. The highest BCUT2D eigenvalue weighted by Gasteiger charge is 2.15. The Hall–Kier alpha value is -3.75.